The Hall–Kier alpha value is -0.760. The fourth-order valence-electron chi connectivity index (χ4n) is 0.919. The summed E-state index contributed by atoms with van der Waals surface area (Å²) in [6.45, 7) is 0. The van der Waals surface area contributed by atoms with Crippen LogP contribution in [0.15, 0.2) is 17.9 Å². The molecule has 13 heavy (non-hydrogen) atoms. The van der Waals surface area contributed by atoms with E-state index in [1.807, 2.05) is 6.20 Å². The Labute approximate surface area is 91.7 Å². The lowest BCUT2D eigenvalue weighted by Crippen LogP contribution is -1.97. The zero-order valence-corrected chi connectivity index (χ0v) is 9.32. The zero-order valence-electron chi connectivity index (χ0n) is 6.35. The highest BCUT2D eigenvalue weighted by Crippen LogP contribution is 2.15. The van der Waals surface area contributed by atoms with Crippen LogP contribution in [0.4, 0.5) is 0 Å². The first-order valence-corrected chi connectivity index (χ1v) is 5.36. The molecule has 0 aromatic carbocycles. The topological polar surface area (TPSA) is 47.8 Å². The van der Waals surface area contributed by atoms with E-state index < -0.39 is 0 Å². The van der Waals surface area contributed by atoms with Crippen LogP contribution >= 0.6 is 33.9 Å². The lowest BCUT2D eigenvalue weighted by Gasteiger charge is -1.94. The van der Waals surface area contributed by atoms with Crippen LogP contribution in [-0.2, 0) is 0 Å². The van der Waals surface area contributed by atoms with Gasteiger partial charge in [-0.25, -0.2) is 9.67 Å². The van der Waals surface area contributed by atoms with Crippen LogP contribution in [0.5, 0.6) is 0 Å². The molecule has 0 fully saturated rings. The third-order valence-electron chi connectivity index (χ3n) is 1.45. The van der Waals surface area contributed by atoms with Gasteiger partial charge in [-0.3, -0.25) is 4.79 Å². The number of halogens is 1. The summed E-state index contributed by atoms with van der Waals surface area (Å²) in [4.78, 5) is 15.2. The summed E-state index contributed by atoms with van der Waals surface area (Å²) in [6.07, 6.45) is 4.33. The van der Waals surface area contributed by atoms with Crippen LogP contribution in [0, 0.1) is 3.57 Å². The van der Waals surface area contributed by atoms with Crippen molar-refractivity contribution in [3.63, 3.8) is 0 Å². The molecule has 2 aromatic heterocycles. The maximum atomic E-state index is 10.6. The van der Waals surface area contributed by atoms with Crippen molar-refractivity contribution in [2.24, 2.45) is 0 Å². The summed E-state index contributed by atoms with van der Waals surface area (Å²) in [7, 11) is 0. The maximum Gasteiger partial charge on any atom is 0.174 e. The van der Waals surface area contributed by atoms with Gasteiger partial charge in [0.1, 0.15) is 4.88 Å². The molecule has 0 unspecified atom stereocenters. The molecule has 0 saturated heterocycles. The number of thiazole rings is 1. The molecule has 0 bridgehead atoms. The van der Waals surface area contributed by atoms with Gasteiger partial charge >= 0.3 is 0 Å². The highest BCUT2D eigenvalue weighted by atomic mass is 127. The second kappa shape index (κ2) is 3.54. The van der Waals surface area contributed by atoms with Crippen LogP contribution < -0.4 is 0 Å². The van der Waals surface area contributed by atoms with Gasteiger partial charge in [0.25, 0.3) is 0 Å². The van der Waals surface area contributed by atoms with Crippen molar-refractivity contribution >= 4 is 40.2 Å². The molecule has 2 rings (SSSR count). The molecule has 0 spiro atoms. The van der Waals surface area contributed by atoms with E-state index in [9.17, 15) is 4.79 Å². The van der Waals surface area contributed by atoms with Gasteiger partial charge in [-0.2, -0.15) is 5.10 Å². The van der Waals surface area contributed by atoms with Crippen molar-refractivity contribution < 1.29 is 4.79 Å². The highest BCUT2D eigenvalue weighted by Gasteiger charge is 2.07. The van der Waals surface area contributed by atoms with Gasteiger partial charge in [0.15, 0.2) is 12.1 Å². The van der Waals surface area contributed by atoms with Crippen molar-refractivity contribution in [1.82, 2.24) is 14.8 Å². The summed E-state index contributed by atoms with van der Waals surface area (Å²) in [6, 6.07) is 0. The molecule has 0 N–H and O–H groups in total. The van der Waals surface area contributed by atoms with Crippen molar-refractivity contribution in [3.8, 4) is 5.82 Å². The lowest BCUT2D eigenvalue weighted by atomic mass is 10.5. The molecule has 0 aliphatic rings. The summed E-state index contributed by atoms with van der Waals surface area (Å²) < 4.78 is 2.62. The monoisotopic (exact) mass is 305 g/mol. The van der Waals surface area contributed by atoms with Gasteiger partial charge in [-0.05, 0) is 22.6 Å². The van der Waals surface area contributed by atoms with Crippen LogP contribution in [-0.4, -0.2) is 21.1 Å². The number of carbonyl (C=O) groups excluding carboxylic acids is 1. The summed E-state index contributed by atoms with van der Waals surface area (Å²) in [5.41, 5.74) is 1.63. The fourth-order valence-corrected chi connectivity index (χ4v) is 1.88. The van der Waals surface area contributed by atoms with E-state index in [2.05, 4.69) is 32.7 Å². The number of nitrogens with zero attached hydrogens (tertiary/aromatic N) is 3. The van der Waals surface area contributed by atoms with E-state index in [-0.39, 0.29) is 0 Å². The Balaban J connectivity index is 2.51. The third-order valence-corrected chi connectivity index (χ3v) is 2.75. The van der Waals surface area contributed by atoms with Crippen LogP contribution in [0.3, 0.4) is 0 Å². The number of aldehydes is 1. The maximum absolute atomic E-state index is 10.6. The second-order valence-corrected chi connectivity index (χ2v) is 4.39. The SMILES string of the molecule is O=Cc1scnc1-n1cc(I)cn1. The van der Waals surface area contributed by atoms with Gasteiger partial charge in [-0.15, -0.1) is 11.3 Å². The molecule has 2 aromatic rings. The summed E-state index contributed by atoms with van der Waals surface area (Å²) >= 11 is 3.46. The van der Waals surface area contributed by atoms with Crippen LogP contribution in [0.1, 0.15) is 9.67 Å². The van der Waals surface area contributed by atoms with Gasteiger partial charge in [-0.1, -0.05) is 0 Å². The fraction of sp³-hybridized carbons (Fsp3) is 0. The Bertz CT molecular complexity index is 436. The van der Waals surface area contributed by atoms with Crippen molar-refractivity contribution in [2.45, 2.75) is 0 Å². The minimum Gasteiger partial charge on any atom is -0.297 e. The number of hydrogen-bond donors (Lipinski definition) is 0. The normalized spacial score (nSPS) is 10.2. The average Bonchev–Trinajstić information content (AvgIpc) is 2.71. The molecular formula is C7H4IN3OS. The Morgan fingerprint density at radius 1 is 1.62 bits per heavy atom. The predicted molar refractivity (Wildman–Crippen MR) is 57.3 cm³/mol. The molecule has 6 heteroatoms. The number of hydrogen-bond acceptors (Lipinski definition) is 4. The average molecular weight is 305 g/mol. The lowest BCUT2D eigenvalue weighted by molar-refractivity contribution is 0.112. The zero-order chi connectivity index (χ0) is 9.26. The molecule has 0 amide bonds. The number of aromatic nitrogens is 3. The second-order valence-electron chi connectivity index (χ2n) is 2.26. The minimum atomic E-state index is 0.597. The molecule has 0 aliphatic heterocycles. The molecule has 0 radical (unpaired) electrons. The van der Waals surface area contributed by atoms with Crippen molar-refractivity contribution in [1.29, 1.82) is 0 Å². The highest BCUT2D eigenvalue weighted by molar-refractivity contribution is 14.1. The van der Waals surface area contributed by atoms with Crippen molar-refractivity contribution in [3.05, 3.63) is 26.4 Å². The van der Waals surface area contributed by atoms with E-state index in [0.29, 0.717) is 10.7 Å². The molecule has 0 atom stereocenters. The molecule has 2 heterocycles. The van der Waals surface area contributed by atoms with E-state index in [1.54, 1.807) is 16.4 Å². The first-order chi connectivity index (χ1) is 6.31. The standard InChI is InChI=1S/C7H4IN3OS/c8-5-1-10-11(2-5)7-6(3-12)13-4-9-7/h1-4H. The third kappa shape index (κ3) is 1.63. The number of rotatable bonds is 2. The molecule has 0 saturated carbocycles. The van der Waals surface area contributed by atoms with E-state index in [4.69, 9.17) is 0 Å². The first-order valence-electron chi connectivity index (χ1n) is 3.40. The Kier molecular flexibility index (Phi) is 2.40. The van der Waals surface area contributed by atoms with E-state index in [1.165, 1.54) is 11.3 Å². The Morgan fingerprint density at radius 2 is 2.46 bits per heavy atom. The largest absolute Gasteiger partial charge is 0.297 e. The van der Waals surface area contributed by atoms with Gasteiger partial charge in [0.2, 0.25) is 0 Å². The summed E-state index contributed by atoms with van der Waals surface area (Å²) in [5.74, 6) is 0.600. The van der Waals surface area contributed by atoms with Crippen LogP contribution in [0.25, 0.3) is 5.82 Å². The molecular weight excluding hydrogens is 301 g/mol. The first kappa shape index (κ1) is 8.82. The summed E-state index contributed by atoms with van der Waals surface area (Å²) in [5, 5.41) is 4.06. The molecule has 0 aliphatic carbocycles. The van der Waals surface area contributed by atoms with Crippen molar-refractivity contribution in [2.75, 3.05) is 0 Å². The molecule has 66 valence electrons. The van der Waals surface area contributed by atoms with Crippen LogP contribution in [0.2, 0.25) is 0 Å². The van der Waals surface area contributed by atoms with E-state index in [0.717, 1.165) is 9.86 Å². The molecule has 4 nitrogen and oxygen atoms in total. The van der Waals surface area contributed by atoms with E-state index >= 15 is 0 Å². The Morgan fingerprint density at radius 3 is 3.08 bits per heavy atom. The minimum absolute atomic E-state index is 0.597. The quantitative estimate of drug-likeness (QED) is 0.627. The van der Waals surface area contributed by atoms with Gasteiger partial charge < -0.3 is 0 Å². The smallest absolute Gasteiger partial charge is 0.174 e. The van der Waals surface area contributed by atoms with Gasteiger partial charge in [0, 0.05) is 6.20 Å². The number of carbonyl (C=O) groups is 1. The van der Waals surface area contributed by atoms with Gasteiger partial charge in [0.05, 0.1) is 15.3 Å². The predicted octanol–water partition coefficient (Wildman–Crippen LogP) is 1.75.